The van der Waals surface area contributed by atoms with Gasteiger partial charge >= 0.3 is 0 Å². The number of thioether (sulfide) groups is 1. The van der Waals surface area contributed by atoms with Gasteiger partial charge in [-0.1, -0.05) is 37.8 Å². The summed E-state index contributed by atoms with van der Waals surface area (Å²) in [6.45, 7) is 4.42. The highest BCUT2D eigenvalue weighted by Gasteiger charge is 2.27. The summed E-state index contributed by atoms with van der Waals surface area (Å²) in [5.41, 5.74) is 0. The first kappa shape index (κ1) is 8.34. The Balaban J connectivity index is 2.48. The van der Waals surface area contributed by atoms with Crippen molar-refractivity contribution >= 4 is 28.3 Å². The Bertz CT molecular complexity index is 122. The fraction of sp³-hybridized carbons (Fsp3) is 0.857. The fourth-order valence-corrected chi connectivity index (χ4v) is 2.84. The van der Waals surface area contributed by atoms with Crippen molar-refractivity contribution in [2.24, 2.45) is 0 Å². The van der Waals surface area contributed by atoms with Crippen molar-refractivity contribution in [1.82, 2.24) is 5.32 Å². The molecule has 1 fully saturated rings. The fourth-order valence-electron chi connectivity index (χ4n) is 1.23. The second-order valence-corrected chi connectivity index (χ2v) is 4.43. The van der Waals surface area contributed by atoms with E-state index in [4.69, 9.17) is 12.2 Å². The zero-order valence-corrected chi connectivity index (χ0v) is 8.02. The van der Waals surface area contributed by atoms with Crippen LogP contribution in [0.1, 0.15) is 26.7 Å². The molecule has 1 N–H and O–H groups in total. The third-order valence-corrected chi connectivity index (χ3v) is 3.56. The van der Waals surface area contributed by atoms with Gasteiger partial charge in [0, 0.05) is 11.3 Å². The van der Waals surface area contributed by atoms with E-state index in [2.05, 4.69) is 19.2 Å². The first-order valence-corrected chi connectivity index (χ1v) is 5.03. The smallest absolute Gasteiger partial charge is 0.134 e. The van der Waals surface area contributed by atoms with Crippen molar-refractivity contribution in [1.29, 1.82) is 0 Å². The summed E-state index contributed by atoms with van der Waals surface area (Å²) < 4.78 is 0.985. The largest absolute Gasteiger partial charge is 0.367 e. The Morgan fingerprint density at radius 1 is 1.50 bits per heavy atom. The molecule has 0 radical (unpaired) electrons. The van der Waals surface area contributed by atoms with Crippen molar-refractivity contribution < 1.29 is 0 Å². The molecule has 1 rings (SSSR count). The Hall–Kier alpha value is 0.240. The maximum Gasteiger partial charge on any atom is 0.134 e. The molecule has 0 aliphatic carbocycles. The lowest BCUT2D eigenvalue weighted by molar-refractivity contribution is 0.569. The van der Waals surface area contributed by atoms with Gasteiger partial charge in [0.25, 0.3) is 0 Å². The van der Waals surface area contributed by atoms with Crippen LogP contribution in [-0.2, 0) is 0 Å². The predicted molar refractivity (Wildman–Crippen MR) is 51.5 cm³/mol. The van der Waals surface area contributed by atoms with Gasteiger partial charge < -0.3 is 5.32 Å². The van der Waals surface area contributed by atoms with Gasteiger partial charge in [-0.2, -0.15) is 0 Å². The molecule has 1 saturated heterocycles. The van der Waals surface area contributed by atoms with E-state index in [1.165, 1.54) is 12.8 Å². The SMILES string of the molecule is CC[C@H]1NC(=S)S[C@@H]1CC. The molecule has 58 valence electrons. The van der Waals surface area contributed by atoms with Gasteiger partial charge in [-0.25, -0.2) is 0 Å². The van der Waals surface area contributed by atoms with Gasteiger partial charge in [0.1, 0.15) is 4.32 Å². The van der Waals surface area contributed by atoms with Gasteiger partial charge in [0.2, 0.25) is 0 Å². The molecule has 0 aromatic heterocycles. The number of hydrogen-bond donors (Lipinski definition) is 1. The van der Waals surface area contributed by atoms with Crippen LogP contribution in [0, 0.1) is 0 Å². The molecule has 0 unspecified atom stereocenters. The summed E-state index contributed by atoms with van der Waals surface area (Å²) in [6.07, 6.45) is 2.40. The molecule has 0 saturated carbocycles. The third-order valence-electron chi connectivity index (χ3n) is 1.85. The zero-order chi connectivity index (χ0) is 7.56. The molecule has 0 spiro atoms. The summed E-state index contributed by atoms with van der Waals surface area (Å²) in [6, 6.07) is 0.627. The van der Waals surface area contributed by atoms with Crippen LogP contribution < -0.4 is 5.32 Å². The normalized spacial score (nSPS) is 32.4. The molecule has 2 atom stereocenters. The molecule has 0 bridgehead atoms. The van der Waals surface area contributed by atoms with E-state index in [0.29, 0.717) is 6.04 Å². The van der Waals surface area contributed by atoms with Gasteiger partial charge in [-0.15, -0.1) is 0 Å². The minimum Gasteiger partial charge on any atom is -0.367 e. The second kappa shape index (κ2) is 3.58. The van der Waals surface area contributed by atoms with Crippen LogP contribution in [0.5, 0.6) is 0 Å². The van der Waals surface area contributed by atoms with E-state index in [9.17, 15) is 0 Å². The van der Waals surface area contributed by atoms with E-state index in [0.717, 1.165) is 9.57 Å². The molecule has 0 aromatic rings. The van der Waals surface area contributed by atoms with E-state index in [-0.39, 0.29) is 0 Å². The average molecular weight is 175 g/mol. The highest BCUT2D eigenvalue weighted by Crippen LogP contribution is 2.27. The van der Waals surface area contributed by atoms with Gasteiger partial charge in [0.15, 0.2) is 0 Å². The summed E-state index contributed by atoms with van der Waals surface area (Å²) in [4.78, 5) is 0. The molecular formula is C7H13NS2. The number of rotatable bonds is 2. The van der Waals surface area contributed by atoms with E-state index >= 15 is 0 Å². The standard InChI is InChI=1S/C7H13NS2/c1-3-5-6(4-2)10-7(9)8-5/h5-6H,3-4H2,1-2H3,(H,8,9)/t5-,6-/m1/s1. The Morgan fingerprint density at radius 3 is 2.60 bits per heavy atom. The lowest BCUT2D eigenvalue weighted by Crippen LogP contribution is -2.29. The van der Waals surface area contributed by atoms with Crippen molar-refractivity contribution in [3.8, 4) is 0 Å². The Morgan fingerprint density at radius 2 is 2.20 bits per heavy atom. The van der Waals surface area contributed by atoms with Crippen molar-refractivity contribution in [3.05, 3.63) is 0 Å². The molecule has 0 amide bonds. The van der Waals surface area contributed by atoms with E-state index in [1.54, 1.807) is 0 Å². The molecule has 1 aliphatic rings. The molecule has 1 nitrogen and oxygen atoms in total. The van der Waals surface area contributed by atoms with E-state index < -0.39 is 0 Å². The van der Waals surface area contributed by atoms with Crippen LogP contribution >= 0.6 is 24.0 Å². The summed E-state index contributed by atoms with van der Waals surface area (Å²) >= 11 is 6.88. The number of hydrogen-bond acceptors (Lipinski definition) is 2. The highest BCUT2D eigenvalue weighted by atomic mass is 32.2. The number of nitrogens with one attached hydrogen (secondary N) is 1. The first-order valence-electron chi connectivity index (χ1n) is 3.75. The molecule has 10 heavy (non-hydrogen) atoms. The maximum atomic E-state index is 5.06. The monoisotopic (exact) mass is 175 g/mol. The Labute approximate surface area is 72.0 Å². The molecule has 1 heterocycles. The number of thiocarbonyl (C=S) groups is 1. The zero-order valence-electron chi connectivity index (χ0n) is 6.39. The molecule has 3 heteroatoms. The van der Waals surface area contributed by atoms with Gasteiger partial charge in [0.05, 0.1) is 0 Å². The lowest BCUT2D eigenvalue weighted by atomic mass is 10.1. The van der Waals surface area contributed by atoms with E-state index in [1.807, 2.05) is 11.8 Å². The highest BCUT2D eigenvalue weighted by molar-refractivity contribution is 8.23. The Kier molecular flexibility index (Phi) is 2.98. The summed E-state index contributed by atoms with van der Waals surface area (Å²) in [7, 11) is 0. The van der Waals surface area contributed by atoms with Crippen LogP contribution in [0.15, 0.2) is 0 Å². The predicted octanol–water partition coefficient (Wildman–Crippen LogP) is 2.16. The molecular weight excluding hydrogens is 162 g/mol. The second-order valence-electron chi connectivity index (χ2n) is 2.51. The third kappa shape index (κ3) is 1.64. The average Bonchev–Trinajstić information content (AvgIpc) is 2.30. The van der Waals surface area contributed by atoms with Crippen LogP contribution in [0.3, 0.4) is 0 Å². The minimum atomic E-state index is 0.627. The van der Waals surface area contributed by atoms with Crippen LogP contribution in [0.2, 0.25) is 0 Å². The topological polar surface area (TPSA) is 12.0 Å². The summed E-state index contributed by atoms with van der Waals surface area (Å²) in [5.74, 6) is 0. The van der Waals surface area contributed by atoms with Gasteiger partial charge in [-0.05, 0) is 12.8 Å². The van der Waals surface area contributed by atoms with Crippen LogP contribution in [0.25, 0.3) is 0 Å². The van der Waals surface area contributed by atoms with Crippen LogP contribution in [-0.4, -0.2) is 15.6 Å². The summed E-state index contributed by atoms with van der Waals surface area (Å²) in [5, 5.41) is 4.02. The maximum absolute atomic E-state index is 5.06. The quantitative estimate of drug-likeness (QED) is 0.646. The minimum absolute atomic E-state index is 0.627. The van der Waals surface area contributed by atoms with Crippen molar-refractivity contribution in [2.45, 2.75) is 38.0 Å². The van der Waals surface area contributed by atoms with Crippen molar-refractivity contribution in [3.63, 3.8) is 0 Å². The van der Waals surface area contributed by atoms with Crippen molar-refractivity contribution in [2.75, 3.05) is 0 Å². The lowest BCUT2D eigenvalue weighted by Gasteiger charge is -2.12. The van der Waals surface area contributed by atoms with Crippen LogP contribution in [0.4, 0.5) is 0 Å². The van der Waals surface area contributed by atoms with Gasteiger partial charge in [-0.3, -0.25) is 0 Å². The molecule has 0 aromatic carbocycles. The first-order chi connectivity index (χ1) is 4.77. The molecule has 1 aliphatic heterocycles.